The van der Waals surface area contributed by atoms with Crippen LogP contribution in [0.15, 0.2) is 23.7 Å². The van der Waals surface area contributed by atoms with Gasteiger partial charge in [0.15, 0.2) is 0 Å². The minimum Gasteiger partial charge on any atom is -0.357 e. The van der Waals surface area contributed by atoms with Crippen LogP contribution in [-0.4, -0.2) is 35.6 Å². The Morgan fingerprint density at radius 1 is 1.38 bits per heavy atom. The maximum atomic E-state index is 12.1. The lowest BCUT2D eigenvalue weighted by Crippen LogP contribution is -2.32. The number of urea groups is 1. The second kappa shape index (κ2) is 7.61. The molecule has 1 saturated heterocycles. The van der Waals surface area contributed by atoms with Gasteiger partial charge in [-0.2, -0.15) is 0 Å². The highest BCUT2D eigenvalue weighted by Crippen LogP contribution is 2.22. The van der Waals surface area contributed by atoms with Gasteiger partial charge >= 0.3 is 6.03 Å². The van der Waals surface area contributed by atoms with Crippen LogP contribution in [-0.2, 0) is 0 Å². The maximum Gasteiger partial charge on any atom is 0.319 e. The Balaban J connectivity index is 1.54. The lowest BCUT2D eigenvalue weighted by atomic mass is 10.2. The zero-order valence-electron chi connectivity index (χ0n) is 14.1. The van der Waals surface area contributed by atoms with E-state index in [4.69, 9.17) is 0 Å². The Hall–Kier alpha value is -2.15. The molecule has 7 heteroatoms. The van der Waals surface area contributed by atoms with Gasteiger partial charge in [0.05, 0.1) is 16.4 Å². The molecule has 2 aromatic rings. The molecule has 2 amide bonds. The normalized spacial score (nSPS) is 15.3. The summed E-state index contributed by atoms with van der Waals surface area (Å²) in [5, 5.41) is 8.75. The highest BCUT2D eigenvalue weighted by Gasteiger charge is 2.15. The topological polar surface area (TPSA) is 70.2 Å². The van der Waals surface area contributed by atoms with Crippen LogP contribution in [0.2, 0.25) is 0 Å². The first-order valence-electron chi connectivity index (χ1n) is 8.30. The second-order valence-electron chi connectivity index (χ2n) is 6.10. The van der Waals surface area contributed by atoms with E-state index in [2.05, 4.69) is 32.4 Å². The summed E-state index contributed by atoms with van der Waals surface area (Å²) in [6.07, 6.45) is 4.23. The molecule has 0 spiro atoms. The molecule has 0 bridgehead atoms. The van der Waals surface area contributed by atoms with Crippen LogP contribution in [0, 0.1) is 6.92 Å². The number of nitrogens with zero attached hydrogens (tertiary/aromatic N) is 3. The molecule has 0 aliphatic carbocycles. The zero-order valence-corrected chi connectivity index (χ0v) is 14.9. The standard InChI is InChI=1S/C17H23N5OS/c1-12(16-18-7-10-24-16)11-19-17(23)21-14-5-6-15(20-13(14)2)22-8-3-4-9-22/h5-7,10,12H,3-4,8-9,11H2,1-2H3,(H2,19,21,23). The van der Waals surface area contributed by atoms with Crippen molar-refractivity contribution in [2.45, 2.75) is 32.6 Å². The van der Waals surface area contributed by atoms with Crippen molar-refractivity contribution in [1.29, 1.82) is 0 Å². The summed E-state index contributed by atoms with van der Waals surface area (Å²) >= 11 is 1.61. The highest BCUT2D eigenvalue weighted by atomic mass is 32.1. The summed E-state index contributed by atoms with van der Waals surface area (Å²) in [5.74, 6) is 1.20. The van der Waals surface area contributed by atoms with Crippen molar-refractivity contribution in [2.75, 3.05) is 29.9 Å². The number of aromatic nitrogens is 2. The van der Waals surface area contributed by atoms with Gasteiger partial charge in [-0.1, -0.05) is 6.92 Å². The molecule has 3 rings (SSSR count). The Morgan fingerprint density at radius 2 is 2.17 bits per heavy atom. The molecule has 3 heterocycles. The van der Waals surface area contributed by atoms with E-state index in [-0.39, 0.29) is 11.9 Å². The molecule has 1 fully saturated rings. The van der Waals surface area contributed by atoms with Crippen molar-refractivity contribution in [3.05, 3.63) is 34.4 Å². The monoisotopic (exact) mass is 345 g/mol. The quantitative estimate of drug-likeness (QED) is 0.872. The molecule has 0 radical (unpaired) electrons. The summed E-state index contributed by atoms with van der Waals surface area (Å²) < 4.78 is 0. The largest absolute Gasteiger partial charge is 0.357 e. The lowest BCUT2D eigenvalue weighted by molar-refractivity contribution is 0.251. The molecule has 1 atom stereocenters. The third-order valence-corrected chi connectivity index (χ3v) is 5.20. The SMILES string of the molecule is Cc1nc(N2CCCC2)ccc1NC(=O)NCC(C)c1nccs1. The Bertz CT molecular complexity index is 682. The highest BCUT2D eigenvalue weighted by molar-refractivity contribution is 7.09. The van der Waals surface area contributed by atoms with Crippen LogP contribution in [0.25, 0.3) is 0 Å². The smallest absolute Gasteiger partial charge is 0.319 e. The number of rotatable bonds is 5. The van der Waals surface area contributed by atoms with E-state index in [9.17, 15) is 4.79 Å². The van der Waals surface area contributed by atoms with Crippen LogP contribution in [0.3, 0.4) is 0 Å². The Kier molecular flexibility index (Phi) is 5.30. The number of amides is 2. The van der Waals surface area contributed by atoms with Crippen molar-refractivity contribution < 1.29 is 4.79 Å². The molecule has 2 N–H and O–H groups in total. The first kappa shape index (κ1) is 16.7. The molecule has 2 aromatic heterocycles. The molecule has 1 aliphatic rings. The van der Waals surface area contributed by atoms with Gasteiger partial charge in [0.25, 0.3) is 0 Å². The number of anilines is 2. The number of carbonyl (C=O) groups excluding carboxylic acids is 1. The predicted molar refractivity (Wildman–Crippen MR) is 98.0 cm³/mol. The molecule has 0 aromatic carbocycles. The molecule has 6 nitrogen and oxygen atoms in total. The van der Waals surface area contributed by atoms with Gasteiger partial charge in [-0.3, -0.25) is 0 Å². The summed E-state index contributed by atoms with van der Waals surface area (Å²) in [7, 11) is 0. The number of hydrogen-bond acceptors (Lipinski definition) is 5. The summed E-state index contributed by atoms with van der Waals surface area (Å²) in [4.78, 5) is 23.3. The Labute approximate surface area is 146 Å². The zero-order chi connectivity index (χ0) is 16.9. The van der Waals surface area contributed by atoms with E-state index in [0.29, 0.717) is 6.54 Å². The number of thiazole rings is 1. The first-order valence-corrected chi connectivity index (χ1v) is 9.18. The maximum absolute atomic E-state index is 12.1. The van der Waals surface area contributed by atoms with Gasteiger partial charge < -0.3 is 15.5 Å². The van der Waals surface area contributed by atoms with Crippen LogP contribution in [0.5, 0.6) is 0 Å². The van der Waals surface area contributed by atoms with E-state index in [1.807, 2.05) is 24.4 Å². The minimum absolute atomic E-state index is 0.201. The number of pyridine rings is 1. The first-order chi connectivity index (χ1) is 11.6. The third kappa shape index (κ3) is 4.03. The molecule has 0 saturated carbocycles. The van der Waals surface area contributed by atoms with Crippen LogP contribution in [0.1, 0.15) is 36.4 Å². The summed E-state index contributed by atoms with van der Waals surface area (Å²) in [6, 6.07) is 3.70. The van der Waals surface area contributed by atoms with Gasteiger partial charge in [-0.05, 0) is 31.9 Å². The molecule has 1 unspecified atom stereocenters. The molecule has 24 heavy (non-hydrogen) atoms. The van der Waals surface area contributed by atoms with Crippen molar-refractivity contribution in [1.82, 2.24) is 15.3 Å². The molecular weight excluding hydrogens is 322 g/mol. The molecule has 1 aliphatic heterocycles. The molecular formula is C17H23N5OS. The minimum atomic E-state index is -0.211. The fourth-order valence-corrected chi connectivity index (χ4v) is 3.48. The van der Waals surface area contributed by atoms with Gasteiger partial charge in [0, 0.05) is 37.1 Å². The van der Waals surface area contributed by atoms with Crippen molar-refractivity contribution in [2.24, 2.45) is 0 Å². The van der Waals surface area contributed by atoms with E-state index in [0.717, 1.165) is 35.3 Å². The van der Waals surface area contributed by atoms with Crippen molar-refractivity contribution in [3.8, 4) is 0 Å². The Morgan fingerprint density at radius 3 is 2.83 bits per heavy atom. The number of aryl methyl sites for hydroxylation is 1. The molecule has 128 valence electrons. The van der Waals surface area contributed by atoms with E-state index >= 15 is 0 Å². The second-order valence-corrected chi connectivity index (χ2v) is 7.03. The van der Waals surface area contributed by atoms with Crippen LogP contribution < -0.4 is 15.5 Å². The van der Waals surface area contributed by atoms with Crippen molar-refractivity contribution >= 4 is 28.9 Å². The summed E-state index contributed by atoms with van der Waals surface area (Å²) in [5.41, 5.74) is 1.58. The number of hydrogen-bond donors (Lipinski definition) is 2. The van der Waals surface area contributed by atoms with Gasteiger partial charge in [0.2, 0.25) is 0 Å². The average Bonchev–Trinajstić information content (AvgIpc) is 3.27. The van der Waals surface area contributed by atoms with Crippen molar-refractivity contribution in [3.63, 3.8) is 0 Å². The van der Waals surface area contributed by atoms with Gasteiger partial charge in [-0.15, -0.1) is 11.3 Å². The predicted octanol–water partition coefficient (Wildman–Crippen LogP) is 3.37. The van der Waals surface area contributed by atoms with Crippen LogP contribution >= 0.6 is 11.3 Å². The lowest BCUT2D eigenvalue weighted by Gasteiger charge is -2.18. The van der Waals surface area contributed by atoms with Gasteiger partial charge in [-0.25, -0.2) is 14.8 Å². The van der Waals surface area contributed by atoms with Crippen LogP contribution in [0.4, 0.5) is 16.3 Å². The van der Waals surface area contributed by atoms with E-state index in [1.165, 1.54) is 12.8 Å². The number of carbonyl (C=O) groups is 1. The fourth-order valence-electron chi connectivity index (χ4n) is 2.78. The van der Waals surface area contributed by atoms with E-state index in [1.54, 1.807) is 17.5 Å². The fraction of sp³-hybridized carbons (Fsp3) is 0.471. The van der Waals surface area contributed by atoms with E-state index < -0.39 is 0 Å². The van der Waals surface area contributed by atoms with Gasteiger partial charge in [0.1, 0.15) is 5.82 Å². The third-order valence-electron chi connectivity index (χ3n) is 4.19. The number of nitrogens with one attached hydrogen (secondary N) is 2. The summed E-state index contributed by atoms with van der Waals surface area (Å²) in [6.45, 7) is 6.66. The average molecular weight is 345 g/mol.